The molecule has 0 bridgehead atoms. The molecule has 1 saturated heterocycles. The number of hydrogen-bond acceptors (Lipinski definition) is 6. The second-order valence-corrected chi connectivity index (χ2v) is 8.98. The first-order valence-electron chi connectivity index (χ1n) is 9.77. The van der Waals surface area contributed by atoms with Gasteiger partial charge in [0.1, 0.15) is 0 Å². The molecule has 1 unspecified atom stereocenters. The van der Waals surface area contributed by atoms with Crippen molar-refractivity contribution in [2.75, 3.05) is 33.2 Å². The van der Waals surface area contributed by atoms with Crippen LogP contribution in [0.1, 0.15) is 11.3 Å². The van der Waals surface area contributed by atoms with E-state index in [4.69, 9.17) is 4.98 Å². The zero-order valence-electron chi connectivity index (χ0n) is 16.7. The molecule has 0 aliphatic carbocycles. The van der Waals surface area contributed by atoms with Gasteiger partial charge in [0, 0.05) is 51.5 Å². The number of carboxylic acids is 2. The zero-order chi connectivity index (χ0) is 21.3. The van der Waals surface area contributed by atoms with Crippen molar-refractivity contribution in [3.05, 3.63) is 59.4 Å². The maximum absolute atomic E-state index is 12.0. The van der Waals surface area contributed by atoms with Crippen LogP contribution in [-0.4, -0.2) is 74.7 Å². The molecule has 1 aromatic heterocycles. The van der Waals surface area contributed by atoms with Crippen LogP contribution in [0.3, 0.4) is 0 Å². The van der Waals surface area contributed by atoms with Crippen molar-refractivity contribution in [1.29, 1.82) is 0 Å². The van der Waals surface area contributed by atoms with Gasteiger partial charge in [-0.1, -0.05) is 42.1 Å². The van der Waals surface area contributed by atoms with E-state index in [1.807, 2.05) is 41.1 Å². The van der Waals surface area contributed by atoms with Crippen LogP contribution in [0.5, 0.6) is 0 Å². The molecule has 1 fully saturated rings. The van der Waals surface area contributed by atoms with Crippen LogP contribution in [0.25, 0.3) is 0 Å². The Hall–Kier alpha value is -2.62. The van der Waals surface area contributed by atoms with Gasteiger partial charge in [-0.25, -0.2) is 14.6 Å². The second-order valence-electron chi connectivity index (χ2n) is 7.72. The van der Waals surface area contributed by atoms with E-state index in [9.17, 15) is 19.8 Å². The van der Waals surface area contributed by atoms with E-state index >= 15 is 0 Å². The minimum atomic E-state index is -1.27. The first-order chi connectivity index (χ1) is 14.4. The van der Waals surface area contributed by atoms with Crippen molar-refractivity contribution in [3.8, 4) is 0 Å². The fourth-order valence-electron chi connectivity index (χ4n) is 4.01. The Morgan fingerprint density at radius 1 is 1.17 bits per heavy atom. The predicted molar refractivity (Wildman–Crippen MR) is 112 cm³/mol. The highest BCUT2D eigenvalue weighted by atomic mass is 32.2. The molecule has 2 aliphatic rings. The summed E-state index contributed by atoms with van der Waals surface area (Å²) in [5.74, 6) is -2.51. The molecule has 8 nitrogen and oxygen atoms in total. The van der Waals surface area contributed by atoms with E-state index in [-0.39, 0.29) is 5.57 Å². The van der Waals surface area contributed by atoms with E-state index in [0.717, 1.165) is 50.1 Å². The number of aliphatic carboxylic acids is 2. The van der Waals surface area contributed by atoms with Gasteiger partial charge >= 0.3 is 11.9 Å². The van der Waals surface area contributed by atoms with Gasteiger partial charge in [-0.2, -0.15) is 0 Å². The molecular formula is C21H24N4O4S. The van der Waals surface area contributed by atoms with Crippen LogP contribution >= 0.6 is 11.8 Å². The number of hydrogen-bond donors (Lipinski definition) is 2. The molecule has 0 amide bonds. The Bertz CT molecular complexity index is 957. The molecule has 2 aliphatic heterocycles. The van der Waals surface area contributed by atoms with E-state index in [1.54, 1.807) is 0 Å². The maximum atomic E-state index is 12.0. The molecule has 158 valence electrons. The average Bonchev–Trinajstić information content (AvgIpc) is 3.24. The third kappa shape index (κ3) is 4.00. The monoisotopic (exact) mass is 428 g/mol. The van der Waals surface area contributed by atoms with Crippen LogP contribution in [0.2, 0.25) is 0 Å². The standard InChI is InChI=1S/C21H24N4O4S/c1-23-7-9-24(10-8-23)12-16-13-25-14-21(30-20(25)22-16,15-5-3-2-4-6-15)17(19(28)29)11-18(26)27/h2-6,11,13H,7-10,12,14H2,1H3,(H,26,27)(H,28,29). The second kappa shape index (κ2) is 8.25. The number of carboxylic acid groups (broad SMARTS) is 2. The molecule has 1 atom stereocenters. The Morgan fingerprint density at radius 3 is 2.47 bits per heavy atom. The van der Waals surface area contributed by atoms with Crippen molar-refractivity contribution in [2.24, 2.45) is 0 Å². The van der Waals surface area contributed by atoms with Crippen LogP contribution in [0.15, 0.2) is 53.3 Å². The molecule has 4 rings (SSSR count). The number of aromatic nitrogens is 2. The molecule has 0 radical (unpaired) electrons. The lowest BCUT2D eigenvalue weighted by molar-refractivity contribution is -0.135. The van der Waals surface area contributed by atoms with Crippen molar-refractivity contribution in [1.82, 2.24) is 19.4 Å². The lowest BCUT2D eigenvalue weighted by Crippen LogP contribution is -2.43. The number of fused-ring (bicyclic) bond motifs is 1. The van der Waals surface area contributed by atoms with Crippen LogP contribution in [-0.2, 0) is 27.4 Å². The minimum absolute atomic E-state index is 0.155. The Kier molecular flexibility index (Phi) is 5.68. The normalized spacial score (nSPS) is 22.8. The molecule has 1 aromatic carbocycles. The Morgan fingerprint density at radius 2 is 1.87 bits per heavy atom. The number of benzene rings is 1. The fourth-order valence-corrected chi connectivity index (χ4v) is 5.44. The van der Waals surface area contributed by atoms with Crippen molar-refractivity contribution < 1.29 is 19.8 Å². The molecule has 2 aromatic rings. The lowest BCUT2D eigenvalue weighted by atomic mass is 9.89. The quantitative estimate of drug-likeness (QED) is 0.671. The van der Waals surface area contributed by atoms with Gasteiger partial charge in [-0.15, -0.1) is 0 Å². The summed E-state index contributed by atoms with van der Waals surface area (Å²) in [5.41, 5.74) is 1.54. The fraction of sp³-hybridized carbons (Fsp3) is 0.381. The smallest absolute Gasteiger partial charge is 0.333 e. The van der Waals surface area contributed by atoms with Gasteiger partial charge in [0.25, 0.3) is 0 Å². The van der Waals surface area contributed by atoms with Crippen LogP contribution in [0.4, 0.5) is 0 Å². The zero-order valence-corrected chi connectivity index (χ0v) is 17.5. The van der Waals surface area contributed by atoms with Gasteiger partial charge in [0.2, 0.25) is 0 Å². The summed E-state index contributed by atoms with van der Waals surface area (Å²) >= 11 is 1.31. The summed E-state index contributed by atoms with van der Waals surface area (Å²) in [7, 11) is 2.12. The number of rotatable bonds is 6. The number of carbonyl (C=O) groups is 2. The van der Waals surface area contributed by atoms with Crippen LogP contribution in [0, 0.1) is 0 Å². The van der Waals surface area contributed by atoms with Crippen molar-refractivity contribution in [3.63, 3.8) is 0 Å². The highest BCUT2D eigenvalue weighted by Gasteiger charge is 2.47. The van der Waals surface area contributed by atoms with E-state index in [0.29, 0.717) is 11.7 Å². The lowest BCUT2D eigenvalue weighted by Gasteiger charge is -2.32. The highest BCUT2D eigenvalue weighted by Crippen LogP contribution is 2.52. The Balaban J connectivity index is 1.63. The number of imidazole rings is 1. The van der Waals surface area contributed by atoms with Gasteiger partial charge in [-0.3, -0.25) is 4.90 Å². The van der Waals surface area contributed by atoms with Gasteiger partial charge in [0.15, 0.2) is 5.16 Å². The number of nitrogens with zero attached hydrogens (tertiary/aromatic N) is 4. The summed E-state index contributed by atoms with van der Waals surface area (Å²) in [6.45, 7) is 5.11. The van der Waals surface area contributed by atoms with E-state index in [2.05, 4.69) is 16.8 Å². The SMILES string of the molecule is CN1CCN(Cc2cn3c(n2)SC(C(=CC(=O)O)C(=O)O)(c2ccccc2)C3)CC1. The molecule has 0 saturated carbocycles. The number of piperazine rings is 1. The number of thioether (sulfide) groups is 1. The largest absolute Gasteiger partial charge is 0.478 e. The maximum Gasteiger partial charge on any atom is 0.333 e. The molecule has 0 spiro atoms. The first kappa shape index (κ1) is 20.6. The summed E-state index contributed by atoms with van der Waals surface area (Å²) < 4.78 is 0.905. The first-order valence-corrected chi connectivity index (χ1v) is 10.6. The van der Waals surface area contributed by atoms with E-state index in [1.165, 1.54) is 11.8 Å². The summed E-state index contributed by atoms with van der Waals surface area (Å²) in [6, 6.07) is 9.19. The van der Waals surface area contributed by atoms with Crippen molar-refractivity contribution >= 4 is 23.7 Å². The van der Waals surface area contributed by atoms with Crippen molar-refractivity contribution in [2.45, 2.75) is 23.0 Å². The van der Waals surface area contributed by atoms with Gasteiger partial charge < -0.3 is 19.7 Å². The van der Waals surface area contributed by atoms with Gasteiger partial charge in [-0.05, 0) is 12.6 Å². The third-order valence-corrected chi connectivity index (χ3v) is 7.04. The molecular weight excluding hydrogens is 404 g/mol. The summed E-state index contributed by atoms with van der Waals surface area (Å²) in [4.78, 5) is 32.8. The molecule has 3 heterocycles. The summed E-state index contributed by atoms with van der Waals surface area (Å²) in [5, 5.41) is 19.8. The van der Waals surface area contributed by atoms with E-state index < -0.39 is 16.7 Å². The number of likely N-dealkylation sites (N-methyl/N-ethyl adjacent to an activating group) is 1. The average molecular weight is 429 g/mol. The van der Waals surface area contributed by atoms with Gasteiger partial charge in [0.05, 0.1) is 16.0 Å². The topological polar surface area (TPSA) is 98.9 Å². The minimum Gasteiger partial charge on any atom is -0.478 e. The molecule has 30 heavy (non-hydrogen) atoms. The van der Waals surface area contributed by atoms with Crippen LogP contribution < -0.4 is 0 Å². The highest BCUT2D eigenvalue weighted by molar-refractivity contribution is 8.00. The summed E-state index contributed by atoms with van der Waals surface area (Å²) in [6.07, 6.45) is 2.77. The Labute approximate surface area is 178 Å². The third-order valence-electron chi connectivity index (χ3n) is 5.60. The molecule has 2 N–H and O–H groups in total. The molecule has 9 heteroatoms. The predicted octanol–water partition coefficient (Wildman–Crippen LogP) is 1.73.